The van der Waals surface area contributed by atoms with Gasteiger partial charge in [0.1, 0.15) is 5.78 Å². The lowest BCUT2D eigenvalue weighted by molar-refractivity contribution is -0.121. The summed E-state index contributed by atoms with van der Waals surface area (Å²) in [6.45, 7) is 4.75. The molecule has 0 spiro atoms. The van der Waals surface area contributed by atoms with Crippen LogP contribution in [0.2, 0.25) is 0 Å². The van der Waals surface area contributed by atoms with Crippen molar-refractivity contribution in [2.24, 2.45) is 0 Å². The third kappa shape index (κ3) is 9.49. The van der Waals surface area contributed by atoms with Crippen molar-refractivity contribution in [3.63, 3.8) is 0 Å². The first kappa shape index (κ1) is 21.5. The molecule has 2 N–H and O–H groups in total. The number of aliphatic hydroxyl groups is 1. The van der Waals surface area contributed by atoms with Crippen molar-refractivity contribution in [3.8, 4) is 11.5 Å². The zero-order valence-corrected chi connectivity index (χ0v) is 15.8. The normalized spacial score (nSPS) is 12.1. The predicted molar refractivity (Wildman–Crippen MR) is 101 cm³/mol. The van der Waals surface area contributed by atoms with E-state index >= 15 is 0 Å². The maximum absolute atomic E-state index is 12.0. The molecule has 1 aromatic carbocycles. The molecule has 142 valence electrons. The first-order chi connectivity index (χ1) is 12.1. The smallest absolute Gasteiger partial charge is 0.161 e. The van der Waals surface area contributed by atoms with E-state index in [0.29, 0.717) is 31.6 Å². The summed E-state index contributed by atoms with van der Waals surface area (Å²) in [7, 11) is 0. The Morgan fingerprint density at radius 2 is 1.88 bits per heavy atom. The van der Waals surface area contributed by atoms with Crippen molar-refractivity contribution in [2.75, 3.05) is 6.61 Å². The van der Waals surface area contributed by atoms with Crippen LogP contribution in [0.1, 0.15) is 77.2 Å². The number of Topliss-reactive ketones (excluding diaryl/α,β-unsaturated/α-hetero) is 1. The fourth-order valence-corrected chi connectivity index (χ4v) is 2.78. The monoisotopic (exact) mass is 350 g/mol. The van der Waals surface area contributed by atoms with Gasteiger partial charge in [0.15, 0.2) is 11.5 Å². The quantitative estimate of drug-likeness (QED) is 0.473. The second-order valence-electron chi connectivity index (χ2n) is 6.75. The number of aliphatic hydroxyl groups excluding tert-OH is 1. The van der Waals surface area contributed by atoms with Gasteiger partial charge in [0, 0.05) is 12.8 Å². The SMILES string of the molecule is CCCCCCCC(O)CC(=O)CCc1ccc(O)c(OCCC)c1. The lowest BCUT2D eigenvalue weighted by Crippen LogP contribution is -2.14. The highest BCUT2D eigenvalue weighted by molar-refractivity contribution is 5.79. The highest BCUT2D eigenvalue weighted by atomic mass is 16.5. The molecule has 0 aliphatic carbocycles. The van der Waals surface area contributed by atoms with E-state index in [-0.39, 0.29) is 18.0 Å². The molecule has 1 aromatic rings. The van der Waals surface area contributed by atoms with Gasteiger partial charge in [-0.3, -0.25) is 4.79 Å². The number of ether oxygens (including phenoxy) is 1. The number of carbonyl (C=O) groups is 1. The molecule has 0 bridgehead atoms. The van der Waals surface area contributed by atoms with Crippen molar-refractivity contribution in [1.29, 1.82) is 0 Å². The van der Waals surface area contributed by atoms with Gasteiger partial charge in [-0.05, 0) is 37.0 Å². The number of phenolic OH excluding ortho intramolecular Hbond substituents is 1. The number of aromatic hydroxyl groups is 1. The van der Waals surface area contributed by atoms with E-state index in [4.69, 9.17) is 4.74 Å². The third-order valence-electron chi connectivity index (χ3n) is 4.28. The van der Waals surface area contributed by atoms with Gasteiger partial charge in [-0.15, -0.1) is 0 Å². The Morgan fingerprint density at radius 1 is 1.12 bits per heavy atom. The Bertz CT molecular complexity index is 499. The topological polar surface area (TPSA) is 66.8 Å². The molecule has 25 heavy (non-hydrogen) atoms. The zero-order chi connectivity index (χ0) is 18.5. The third-order valence-corrected chi connectivity index (χ3v) is 4.28. The standard InChI is InChI=1S/C21H34O4/c1-3-5-6-7-8-9-18(22)16-19(23)12-10-17-11-13-20(24)21(15-17)25-14-4-2/h11,13,15,18,22,24H,3-10,12,14,16H2,1-2H3. The van der Waals surface area contributed by atoms with Crippen molar-refractivity contribution in [1.82, 2.24) is 0 Å². The average molecular weight is 350 g/mol. The fraction of sp³-hybridized carbons (Fsp3) is 0.667. The van der Waals surface area contributed by atoms with E-state index in [1.165, 1.54) is 19.3 Å². The summed E-state index contributed by atoms with van der Waals surface area (Å²) in [6, 6.07) is 5.21. The van der Waals surface area contributed by atoms with Gasteiger partial charge >= 0.3 is 0 Å². The Morgan fingerprint density at radius 3 is 2.60 bits per heavy atom. The van der Waals surface area contributed by atoms with Gasteiger partial charge in [0.2, 0.25) is 0 Å². The first-order valence-electron chi connectivity index (χ1n) is 9.71. The molecule has 0 aliphatic heterocycles. The summed E-state index contributed by atoms with van der Waals surface area (Å²) < 4.78 is 5.50. The molecule has 0 heterocycles. The van der Waals surface area contributed by atoms with Gasteiger partial charge in [-0.1, -0.05) is 52.0 Å². The number of hydrogen-bond donors (Lipinski definition) is 2. The highest BCUT2D eigenvalue weighted by Gasteiger charge is 2.12. The van der Waals surface area contributed by atoms with Gasteiger partial charge in [-0.25, -0.2) is 0 Å². The van der Waals surface area contributed by atoms with Crippen LogP contribution in [0.3, 0.4) is 0 Å². The summed E-state index contributed by atoms with van der Waals surface area (Å²) >= 11 is 0. The predicted octanol–water partition coefficient (Wildman–Crippen LogP) is 4.79. The summed E-state index contributed by atoms with van der Waals surface area (Å²) in [5.74, 6) is 0.686. The van der Waals surface area contributed by atoms with Crippen LogP contribution in [0.5, 0.6) is 11.5 Å². The maximum atomic E-state index is 12.0. The molecule has 0 saturated heterocycles. The number of benzene rings is 1. The highest BCUT2D eigenvalue weighted by Crippen LogP contribution is 2.27. The minimum atomic E-state index is -0.516. The van der Waals surface area contributed by atoms with E-state index in [9.17, 15) is 15.0 Å². The number of ketones is 1. The van der Waals surface area contributed by atoms with Crippen LogP contribution in [0, 0.1) is 0 Å². The number of aryl methyl sites for hydroxylation is 1. The Labute approximate surface area is 152 Å². The molecule has 0 amide bonds. The molecule has 0 fully saturated rings. The molecule has 1 rings (SSSR count). The largest absolute Gasteiger partial charge is 0.504 e. The van der Waals surface area contributed by atoms with Gasteiger partial charge in [-0.2, -0.15) is 0 Å². The van der Waals surface area contributed by atoms with Crippen LogP contribution >= 0.6 is 0 Å². The van der Waals surface area contributed by atoms with Gasteiger partial charge in [0.05, 0.1) is 12.7 Å². The molecular weight excluding hydrogens is 316 g/mol. The second-order valence-corrected chi connectivity index (χ2v) is 6.75. The van der Waals surface area contributed by atoms with Crippen molar-refractivity contribution >= 4 is 5.78 Å². The van der Waals surface area contributed by atoms with Crippen LogP contribution in [0.4, 0.5) is 0 Å². The van der Waals surface area contributed by atoms with Crippen LogP contribution in [0.15, 0.2) is 18.2 Å². The van der Waals surface area contributed by atoms with E-state index in [1.807, 2.05) is 13.0 Å². The first-order valence-corrected chi connectivity index (χ1v) is 9.71. The van der Waals surface area contributed by atoms with E-state index in [1.54, 1.807) is 12.1 Å². The molecule has 4 nitrogen and oxygen atoms in total. The lowest BCUT2D eigenvalue weighted by Gasteiger charge is -2.11. The zero-order valence-electron chi connectivity index (χ0n) is 15.8. The van der Waals surface area contributed by atoms with E-state index in [2.05, 4.69) is 6.92 Å². The number of unbranched alkanes of at least 4 members (excludes halogenated alkanes) is 4. The molecule has 0 aromatic heterocycles. The van der Waals surface area contributed by atoms with Crippen LogP contribution in [-0.4, -0.2) is 28.7 Å². The Kier molecular flexibility index (Phi) is 11.0. The number of hydrogen-bond acceptors (Lipinski definition) is 4. The minimum Gasteiger partial charge on any atom is -0.504 e. The van der Waals surface area contributed by atoms with Crippen molar-refractivity contribution < 1.29 is 19.7 Å². The Hall–Kier alpha value is -1.55. The summed E-state index contributed by atoms with van der Waals surface area (Å²) in [5, 5.41) is 19.7. The minimum absolute atomic E-state index is 0.0881. The molecule has 0 aliphatic rings. The van der Waals surface area contributed by atoms with Crippen LogP contribution < -0.4 is 4.74 Å². The second kappa shape index (κ2) is 12.8. The molecule has 0 radical (unpaired) electrons. The summed E-state index contributed by atoms with van der Waals surface area (Å²) in [4.78, 5) is 12.0. The Balaban J connectivity index is 2.31. The lowest BCUT2D eigenvalue weighted by atomic mass is 10.0. The van der Waals surface area contributed by atoms with Crippen molar-refractivity contribution in [2.45, 2.75) is 84.2 Å². The van der Waals surface area contributed by atoms with Crippen LogP contribution in [0.25, 0.3) is 0 Å². The molecular formula is C21H34O4. The van der Waals surface area contributed by atoms with E-state index < -0.39 is 6.10 Å². The summed E-state index contributed by atoms with van der Waals surface area (Å²) in [5.41, 5.74) is 0.964. The number of rotatable bonds is 14. The molecule has 4 heteroatoms. The average Bonchev–Trinajstić information content (AvgIpc) is 2.59. The number of phenols is 1. The summed E-state index contributed by atoms with van der Waals surface area (Å²) in [6.07, 6.45) is 8.10. The van der Waals surface area contributed by atoms with Crippen LogP contribution in [-0.2, 0) is 11.2 Å². The van der Waals surface area contributed by atoms with Gasteiger partial charge < -0.3 is 14.9 Å². The maximum Gasteiger partial charge on any atom is 0.161 e. The molecule has 1 atom stereocenters. The molecule has 0 saturated carbocycles. The number of carbonyl (C=O) groups excluding carboxylic acids is 1. The van der Waals surface area contributed by atoms with Crippen molar-refractivity contribution in [3.05, 3.63) is 23.8 Å². The molecule has 1 unspecified atom stereocenters. The van der Waals surface area contributed by atoms with E-state index in [0.717, 1.165) is 24.8 Å². The van der Waals surface area contributed by atoms with Gasteiger partial charge in [0.25, 0.3) is 0 Å². The fourth-order valence-electron chi connectivity index (χ4n) is 2.78.